The lowest BCUT2D eigenvalue weighted by molar-refractivity contribution is 0.0955. The maximum absolute atomic E-state index is 12.5. The highest BCUT2D eigenvalue weighted by molar-refractivity contribution is 6.35. The summed E-state index contributed by atoms with van der Waals surface area (Å²) < 4.78 is 2.11. The molecule has 4 aromatic rings. The largest absolute Gasteiger partial charge is 0.342 e. The molecule has 0 saturated heterocycles. The van der Waals surface area contributed by atoms with Gasteiger partial charge in [-0.1, -0.05) is 80.4 Å². The molecule has 1 aromatic heterocycles. The number of carbonyl (C=O) groups is 1. The third kappa shape index (κ3) is 5.29. The molecule has 0 aliphatic rings. The second kappa shape index (κ2) is 9.42. The molecule has 0 spiro atoms. The molecule has 0 radical (unpaired) electrons. The van der Waals surface area contributed by atoms with Crippen molar-refractivity contribution in [2.75, 3.05) is 0 Å². The molecule has 3 aromatic carbocycles. The van der Waals surface area contributed by atoms with Crippen LogP contribution < -0.4 is 5.43 Å². The number of hydrazone groups is 1. The van der Waals surface area contributed by atoms with Crippen LogP contribution in [0.1, 0.15) is 47.8 Å². The topological polar surface area (TPSA) is 46.4 Å². The van der Waals surface area contributed by atoms with Crippen LogP contribution in [0.4, 0.5) is 0 Å². The number of rotatable bonds is 5. The molecular weight excluding hydrogens is 453 g/mol. The first-order chi connectivity index (χ1) is 15.7. The van der Waals surface area contributed by atoms with Crippen molar-refractivity contribution in [3.63, 3.8) is 0 Å². The normalized spacial score (nSPS) is 11.9. The first-order valence-corrected chi connectivity index (χ1v) is 11.4. The van der Waals surface area contributed by atoms with Crippen LogP contribution in [0.2, 0.25) is 10.0 Å². The van der Waals surface area contributed by atoms with Crippen LogP contribution in [0, 0.1) is 0 Å². The fraction of sp³-hybridized carbons (Fsp3) is 0.185. The summed E-state index contributed by atoms with van der Waals surface area (Å²) in [6, 6.07) is 21.2. The molecule has 0 aliphatic carbocycles. The van der Waals surface area contributed by atoms with Crippen LogP contribution in [0.3, 0.4) is 0 Å². The molecule has 168 valence electrons. The first-order valence-electron chi connectivity index (χ1n) is 10.7. The lowest BCUT2D eigenvalue weighted by Crippen LogP contribution is -2.18. The molecule has 33 heavy (non-hydrogen) atoms. The fourth-order valence-electron chi connectivity index (χ4n) is 3.69. The summed E-state index contributed by atoms with van der Waals surface area (Å²) in [5.41, 5.74) is 7.34. The molecule has 1 N–H and O–H groups in total. The van der Waals surface area contributed by atoms with Gasteiger partial charge in [0.25, 0.3) is 5.91 Å². The zero-order chi connectivity index (χ0) is 23.6. The third-order valence-electron chi connectivity index (χ3n) is 5.56. The van der Waals surface area contributed by atoms with Crippen LogP contribution in [0.15, 0.2) is 78.0 Å². The minimum Gasteiger partial charge on any atom is -0.342 e. The van der Waals surface area contributed by atoms with E-state index >= 15 is 0 Å². The first kappa shape index (κ1) is 23.1. The predicted octanol–water partition coefficient (Wildman–Crippen LogP) is 7.06. The van der Waals surface area contributed by atoms with Crippen LogP contribution >= 0.6 is 23.2 Å². The molecule has 0 saturated carbocycles. The van der Waals surface area contributed by atoms with Crippen molar-refractivity contribution in [1.82, 2.24) is 9.99 Å². The number of amides is 1. The van der Waals surface area contributed by atoms with Gasteiger partial charge in [-0.2, -0.15) is 5.10 Å². The Balaban J connectivity index is 1.53. The van der Waals surface area contributed by atoms with Gasteiger partial charge < -0.3 is 4.57 Å². The molecule has 1 heterocycles. The summed E-state index contributed by atoms with van der Waals surface area (Å²) in [6.07, 6.45) is 3.67. The van der Waals surface area contributed by atoms with Crippen LogP contribution in [0.5, 0.6) is 0 Å². The second-order valence-electron chi connectivity index (χ2n) is 8.99. The zero-order valence-corrected chi connectivity index (χ0v) is 20.3. The van der Waals surface area contributed by atoms with E-state index in [1.165, 1.54) is 5.56 Å². The van der Waals surface area contributed by atoms with Gasteiger partial charge in [-0.15, -0.1) is 0 Å². The van der Waals surface area contributed by atoms with Crippen molar-refractivity contribution in [2.45, 2.75) is 32.7 Å². The maximum Gasteiger partial charge on any atom is 0.271 e. The Hall–Kier alpha value is -3.08. The van der Waals surface area contributed by atoms with Crippen molar-refractivity contribution >= 4 is 46.2 Å². The van der Waals surface area contributed by atoms with E-state index in [0.29, 0.717) is 22.2 Å². The van der Waals surface area contributed by atoms with Gasteiger partial charge in [0, 0.05) is 44.8 Å². The standard InChI is InChI=1S/C27H25Cl2N3O/c1-27(2,3)21-11-8-18(9-12-21)26(33)31-30-15-20-17-32(25-7-5-4-6-23(20)25)16-19-10-13-22(28)14-24(19)29/h4-15,17H,16H2,1-3H3,(H,31,33)/b30-15-. The van der Waals surface area contributed by atoms with Crippen LogP contribution in [-0.2, 0) is 12.0 Å². The molecule has 1 amide bonds. The highest BCUT2D eigenvalue weighted by Crippen LogP contribution is 2.26. The van der Waals surface area contributed by atoms with E-state index < -0.39 is 0 Å². The van der Waals surface area contributed by atoms with E-state index in [2.05, 4.69) is 35.9 Å². The SMILES string of the molecule is CC(C)(C)c1ccc(C(=O)N/N=C\c2cn(Cc3ccc(Cl)cc3Cl)c3ccccc23)cc1. The summed E-state index contributed by atoms with van der Waals surface area (Å²) in [5, 5.41) is 6.48. The fourth-order valence-corrected chi connectivity index (χ4v) is 4.16. The Morgan fingerprint density at radius 2 is 1.76 bits per heavy atom. The minimum atomic E-state index is -0.247. The van der Waals surface area contributed by atoms with Crippen molar-refractivity contribution < 1.29 is 4.79 Å². The third-order valence-corrected chi connectivity index (χ3v) is 6.14. The van der Waals surface area contributed by atoms with Crippen molar-refractivity contribution in [3.8, 4) is 0 Å². The van der Waals surface area contributed by atoms with Crippen LogP contribution in [0.25, 0.3) is 10.9 Å². The molecule has 0 bridgehead atoms. The summed E-state index contributed by atoms with van der Waals surface area (Å²) in [6.45, 7) is 7.02. The Bertz CT molecular complexity index is 1330. The quantitative estimate of drug-likeness (QED) is 0.242. The summed E-state index contributed by atoms with van der Waals surface area (Å²) in [4.78, 5) is 12.5. The van der Waals surface area contributed by atoms with Gasteiger partial charge in [0.15, 0.2) is 0 Å². The lowest BCUT2D eigenvalue weighted by Gasteiger charge is -2.18. The highest BCUT2D eigenvalue weighted by atomic mass is 35.5. The molecule has 0 unspecified atom stereocenters. The Labute approximate surface area is 203 Å². The number of aromatic nitrogens is 1. The smallest absolute Gasteiger partial charge is 0.271 e. The highest BCUT2D eigenvalue weighted by Gasteiger charge is 2.14. The molecular formula is C27H25Cl2N3O. The number of fused-ring (bicyclic) bond motifs is 1. The molecule has 4 nitrogen and oxygen atoms in total. The Morgan fingerprint density at radius 1 is 1.03 bits per heavy atom. The maximum atomic E-state index is 12.5. The van der Waals surface area contributed by atoms with E-state index in [4.69, 9.17) is 23.2 Å². The summed E-state index contributed by atoms with van der Waals surface area (Å²) >= 11 is 12.4. The van der Waals surface area contributed by atoms with Gasteiger partial charge in [-0.05, 0) is 46.9 Å². The molecule has 0 atom stereocenters. The number of halogens is 2. The number of nitrogens with zero attached hydrogens (tertiary/aromatic N) is 2. The van der Waals surface area contributed by atoms with Crippen molar-refractivity contribution in [3.05, 3.63) is 105 Å². The molecule has 0 fully saturated rings. The van der Waals surface area contributed by atoms with Gasteiger partial charge in [0.1, 0.15) is 0 Å². The van der Waals surface area contributed by atoms with Gasteiger partial charge >= 0.3 is 0 Å². The van der Waals surface area contributed by atoms with E-state index in [0.717, 1.165) is 22.0 Å². The Morgan fingerprint density at radius 3 is 2.45 bits per heavy atom. The van der Waals surface area contributed by atoms with Crippen molar-refractivity contribution in [1.29, 1.82) is 0 Å². The number of nitrogens with one attached hydrogen (secondary N) is 1. The number of benzene rings is 3. The lowest BCUT2D eigenvalue weighted by atomic mass is 9.87. The average molecular weight is 478 g/mol. The molecule has 6 heteroatoms. The number of para-hydroxylation sites is 1. The number of hydrogen-bond donors (Lipinski definition) is 1. The van der Waals surface area contributed by atoms with E-state index in [1.54, 1.807) is 12.3 Å². The monoisotopic (exact) mass is 477 g/mol. The Kier molecular flexibility index (Phi) is 6.59. The van der Waals surface area contributed by atoms with Gasteiger partial charge in [-0.25, -0.2) is 5.43 Å². The van der Waals surface area contributed by atoms with Crippen molar-refractivity contribution in [2.24, 2.45) is 5.10 Å². The zero-order valence-electron chi connectivity index (χ0n) is 18.8. The predicted molar refractivity (Wildman–Crippen MR) is 138 cm³/mol. The average Bonchev–Trinajstić information content (AvgIpc) is 3.13. The van der Waals surface area contributed by atoms with E-state index in [-0.39, 0.29) is 11.3 Å². The van der Waals surface area contributed by atoms with Gasteiger partial charge in [-0.3, -0.25) is 4.79 Å². The van der Waals surface area contributed by atoms with Gasteiger partial charge in [0.2, 0.25) is 0 Å². The number of hydrogen-bond acceptors (Lipinski definition) is 2. The molecule has 4 rings (SSSR count). The summed E-state index contributed by atoms with van der Waals surface area (Å²) in [5.74, 6) is -0.247. The van der Waals surface area contributed by atoms with Gasteiger partial charge in [0.05, 0.1) is 6.21 Å². The minimum absolute atomic E-state index is 0.0393. The van der Waals surface area contributed by atoms with E-state index in [1.807, 2.05) is 66.9 Å². The van der Waals surface area contributed by atoms with Crippen LogP contribution in [-0.4, -0.2) is 16.7 Å². The number of carbonyl (C=O) groups excluding carboxylic acids is 1. The summed E-state index contributed by atoms with van der Waals surface area (Å²) in [7, 11) is 0. The van der Waals surface area contributed by atoms with E-state index in [9.17, 15) is 4.79 Å². The molecule has 0 aliphatic heterocycles. The second-order valence-corrected chi connectivity index (χ2v) is 9.84.